The van der Waals surface area contributed by atoms with Gasteiger partial charge in [0.1, 0.15) is 0 Å². The molecule has 0 spiro atoms. The number of hydrogen-bond donors (Lipinski definition) is 2. The Morgan fingerprint density at radius 2 is 2.00 bits per heavy atom. The van der Waals surface area contributed by atoms with E-state index >= 15 is 0 Å². The Hall–Kier alpha value is -1.59. The predicted molar refractivity (Wildman–Crippen MR) is 80.7 cm³/mol. The zero-order valence-corrected chi connectivity index (χ0v) is 13.1. The van der Waals surface area contributed by atoms with Crippen LogP contribution in [-0.4, -0.2) is 26.5 Å². The Bertz CT molecular complexity index is 550. The largest absolute Gasteiger partial charge is 0.463 e. The Labute approximate surface area is 126 Å². The Morgan fingerprint density at radius 1 is 1.30 bits per heavy atom. The van der Waals surface area contributed by atoms with Crippen LogP contribution in [0.25, 0.3) is 0 Å². The van der Waals surface area contributed by atoms with Crippen LogP contribution in [0.4, 0.5) is 0 Å². The zero-order valence-electron chi connectivity index (χ0n) is 11.5. The highest BCUT2D eigenvalue weighted by Crippen LogP contribution is 2.11. The predicted octanol–water partition coefficient (Wildman–Crippen LogP) is 1.66. The summed E-state index contributed by atoms with van der Waals surface area (Å²) in [6, 6.07) is 11.2. The highest BCUT2D eigenvalue weighted by atomic mass is 79.9. The fourth-order valence-corrected chi connectivity index (χ4v) is 2.24. The summed E-state index contributed by atoms with van der Waals surface area (Å²) in [6.07, 6.45) is 1.65. The quantitative estimate of drug-likeness (QED) is 0.871. The molecule has 1 amide bonds. The monoisotopic (exact) mass is 337 g/mol. The van der Waals surface area contributed by atoms with Crippen LogP contribution in [-0.2, 0) is 0 Å². The van der Waals surface area contributed by atoms with E-state index in [2.05, 4.69) is 21.2 Å². The van der Waals surface area contributed by atoms with Gasteiger partial charge >= 0.3 is 0 Å². The second kappa shape index (κ2) is 6.72. The number of halogens is 1. The third kappa shape index (κ3) is 3.71. The third-order valence-electron chi connectivity index (χ3n) is 3.16. The maximum Gasteiger partial charge on any atom is 0.251 e. The second-order valence-corrected chi connectivity index (χ2v) is 5.78. The number of rotatable bonds is 5. The minimum Gasteiger partial charge on any atom is -0.463 e. The lowest BCUT2D eigenvalue weighted by Gasteiger charge is -2.19. The molecule has 0 fully saturated rings. The van der Waals surface area contributed by atoms with Gasteiger partial charge in [-0.05, 0) is 36.4 Å². The van der Waals surface area contributed by atoms with Gasteiger partial charge in [-0.25, -0.2) is 0 Å². The normalized spacial score (nSPS) is 12.4. The van der Waals surface area contributed by atoms with E-state index in [1.807, 2.05) is 38.4 Å². The van der Waals surface area contributed by atoms with Crippen LogP contribution in [0.15, 0.2) is 51.6 Å². The molecular formula is C15H18BrN2O2+. The molecule has 20 heavy (non-hydrogen) atoms. The first-order valence-corrected chi connectivity index (χ1v) is 7.24. The van der Waals surface area contributed by atoms with Crippen LogP contribution in [0.5, 0.6) is 0 Å². The summed E-state index contributed by atoms with van der Waals surface area (Å²) < 4.78 is 6.39. The van der Waals surface area contributed by atoms with E-state index in [9.17, 15) is 4.79 Å². The lowest BCUT2D eigenvalue weighted by Crippen LogP contribution is -3.07. The van der Waals surface area contributed by atoms with Crippen molar-refractivity contribution in [3.63, 3.8) is 0 Å². The van der Waals surface area contributed by atoms with E-state index in [-0.39, 0.29) is 11.9 Å². The first-order chi connectivity index (χ1) is 9.58. The number of amides is 1. The number of carbonyl (C=O) groups excluding carboxylic acids is 1. The average Bonchev–Trinajstić information content (AvgIpc) is 2.93. The van der Waals surface area contributed by atoms with Gasteiger partial charge in [0.2, 0.25) is 0 Å². The van der Waals surface area contributed by atoms with Gasteiger partial charge in [0.05, 0.1) is 26.9 Å². The molecule has 2 rings (SSSR count). The fourth-order valence-electron chi connectivity index (χ4n) is 1.98. The molecule has 0 aliphatic heterocycles. The van der Waals surface area contributed by atoms with Gasteiger partial charge < -0.3 is 14.6 Å². The van der Waals surface area contributed by atoms with Crippen molar-refractivity contribution in [1.29, 1.82) is 0 Å². The second-order valence-electron chi connectivity index (χ2n) is 4.86. The summed E-state index contributed by atoms with van der Waals surface area (Å²) in [6.45, 7) is 0.532. The molecular weight excluding hydrogens is 320 g/mol. The number of nitrogens with one attached hydrogen (secondary N) is 2. The van der Waals surface area contributed by atoms with Crippen molar-refractivity contribution in [2.75, 3.05) is 20.6 Å². The first kappa shape index (κ1) is 14.8. The van der Waals surface area contributed by atoms with Crippen LogP contribution in [0.1, 0.15) is 22.2 Å². The maximum absolute atomic E-state index is 12.1. The molecule has 0 unspecified atom stereocenters. The molecule has 0 aliphatic rings. The zero-order chi connectivity index (χ0) is 14.5. The summed E-state index contributed by atoms with van der Waals surface area (Å²) in [5, 5.41) is 2.95. The summed E-state index contributed by atoms with van der Waals surface area (Å²) in [5.41, 5.74) is 0.653. The van der Waals surface area contributed by atoms with E-state index < -0.39 is 0 Å². The molecule has 5 heteroatoms. The van der Waals surface area contributed by atoms with E-state index in [1.165, 1.54) is 4.90 Å². The SMILES string of the molecule is C[NH+](C)[C@@H](CNC(=O)c1ccc(Br)cc1)c1ccco1. The average molecular weight is 338 g/mol. The Morgan fingerprint density at radius 3 is 2.55 bits per heavy atom. The van der Waals surface area contributed by atoms with Crippen molar-refractivity contribution in [2.45, 2.75) is 6.04 Å². The third-order valence-corrected chi connectivity index (χ3v) is 3.69. The summed E-state index contributed by atoms with van der Waals surface area (Å²) in [5.74, 6) is 0.802. The van der Waals surface area contributed by atoms with E-state index in [0.717, 1.165) is 10.2 Å². The van der Waals surface area contributed by atoms with Crippen LogP contribution < -0.4 is 10.2 Å². The number of likely N-dealkylation sites (N-methyl/N-ethyl adjacent to an activating group) is 1. The van der Waals surface area contributed by atoms with Crippen molar-refractivity contribution in [3.8, 4) is 0 Å². The molecule has 0 saturated heterocycles. The van der Waals surface area contributed by atoms with Crippen molar-refractivity contribution in [1.82, 2.24) is 5.32 Å². The van der Waals surface area contributed by atoms with E-state index in [4.69, 9.17) is 4.42 Å². The highest BCUT2D eigenvalue weighted by molar-refractivity contribution is 9.10. The molecule has 1 aromatic heterocycles. The van der Waals surface area contributed by atoms with Crippen LogP contribution in [0.2, 0.25) is 0 Å². The molecule has 0 bridgehead atoms. The Kier molecular flexibility index (Phi) is 4.98. The first-order valence-electron chi connectivity index (χ1n) is 6.45. The van der Waals surface area contributed by atoms with Crippen LogP contribution >= 0.6 is 15.9 Å². The molecule has 0 saturated carbocycles. The molecule has 1 atom stereocenters. The van der Waals surface area contributed by atoms with Crippen LogP contribution in [0.3, 0.4) is 0 Å². The molecule has 4 nitrogen and oxygen atoms in total. The number of carbonyl (C=O) groups is 1. The molecule has 1 heterocycles. The number of quaternary nitrogens is 1. The minimum atomic E-state index is -0.0738. The molecule has 2 N–H and O–H groups in total. The topological polar surface area (TPSA) is 46.7 Å². The van der Waals surface area contributed by atoms with Gasteiger partial charge in [-0.3, -0.25) is 4.79 Å². The highest BCUT2D eigenvalue weighted by Gasteiger charge is 2.21. The van der Waals surface area contributed by atoms with Gasteiger partial charge in [-0.2, -0.15) is 0 Å². The van der Waals surface area contributed by atoms with Crippen molar-refractivity contribution >= 4 is 21.8 Å². The summed E-state index contributed by atoms with van der Waals surface area (Å²) >= 11 is 3.35. The minimum absolute atomic E-state index is 0.0738. The van der Waals surface area contributed by atoms with Crippen molar-refractivity contribution < 1.29 is 14.1 Å². The molecule has 106 valence electrons. The smallest absolute Gasteiger partial charge is 0.251 e. The Balaban J connectivity index is 1.99. The van der Waals surface area contributed by atoms with Gasteiger partial charge in [0.15, 0.2) is 11.8 Å². The van der Waals surface area contributed by atoms with Gasteiger partial charge in [-0.1, -0.05) is 15.9 Å². The van der Waals surface area contributed by atoms with Gasteiger partial charge in [0, 0.05) is 10.0 Å². The lowest BCUT2D eigenvalue weighted by atomic mass is 10.2. The molecule has 0 radical (unpaired) electrons. The number of furan rings is 1. The number of benzene rings is 1. The standard InChI is InChI=1S/C15H17BrN2O2/c1-18(2)13(14-4-3-9-20-14)10-17-15(19)11-5-7-12(16)8-6-11/h3-9,13H,10H2,1-2H3,(H,17,19)/p+1/t13-/m0/s1. The lowest BCUT2D eigenvalue weighted by molar-refractivity contribution is -0.891. The van der Waals surface area contributed by atoms with Gasteiger partial charge in [0.25, 0.3) is 5.91 Å². The fraction of sp³-hybridized carbons (Fsp3) is 0.267. The summed E-state index contributed by atoms with van der Waals surface area (Å²) in [4.78, 5) is 13.3. The molecule has 1 aromatic carbocycles. The van der Waals surface area contributed by atoms with Gasteiger partial charge in [-0.15, -0.1) is 0 Å². The van der Waals surface area contributed by atoms with E-state index in [1.54, 1.807) is 18.4 Å². The van der Waals surface area contributed by atoms with Crippen molar-refractivity contribution in [3.05, 3.63) is 58.5 Å². The summed E-state index contributed by atoms with van der Waals surface area (Å²) in [7, 11) is 4.08. The molecule has 2 aromatic rings. The maximum atomic E-state index is 12.1. The van der Waals surface area contributed by atoms with Crippen LogP contribution in [0, 0.1) is 0 Å². The number of hydrogen-bond acceptors (Lipinski definition) is 2. The molecule has 0 aliphatic carbocycles. The van der Waals surface area contributed by atoms with E-state index in [0.29, 0.717) is 12.1 Å². The van der Waals surface area contributed by atoms with Crippen molar-refractivity contribution in [2.24, 2.45) is 0 Å².